The maximum Gasteiger partial charge on any atom is 0.314 e. The molecule has 0 aliphatic rings. The number of aliphatic hydroxyl groups excluding tert-OH is 1. The molecule has 0 bridgehead atoms. The van der Waals surface area contributed by atoms with Crippen molar-refractivity contribution >= 4 is 17.6 Å². The van der Waals surface area contributed by atoms with E-state index in [9.17, 15) is 14.7 Å². The molecule has 2 heterocycles. The molecule has 0 aromatic carbocycles. The van der Waals surface area contributed by atoms with Gasteiger partial charge in [-0.3, -0.25) is 14.9 Å². The molecule has 0 saturated carbocycles. The van der Waals surface area contributed by atoms with Gasteiger partial charge >= 0.3 is 11.8 Å². The van der Waals surface area contributed by atoms with Gasteiger partial charge < -0.3 is 19.4 Å². The van der Waals surface area contributed by atoms with Crippen LogP contribution < -0.4 is 10.6 Å². The molecule has 1 atom stereocenters. The van der Waals surface area contributed by atoms with E-state index in [1.165, 1.54) is 24.9 Å². The zero-order valence-electron chi connectivity index (χ0n) is 9.70. The van der Waals surface area contributed by atoms with Crippen molar-refractivity contribution in [1.82, 2.24) is 10.5 Å². The summed E-state index contributed by atoms with van der Waals surface area (Å²) >= 11 is 0. The van der Waals surface area contributed by atoms with Crippen molar-refractivity contribution in [2.45, 2.75) is 6.10 Å². The third-order valence-electron chi connectivity index (χ3n) is 2.27. The summed E-state index contributed by atoms with van der Waals surface area (Å²) in [4.78, 5) is 22.8. The van der Waals surface area contributed by atoms with E-state index in [1.807, 2.05) is 0 Å². The van der Waals surface area contributed by atoms with Crippen molar-refractivity contribution in [2.75, 3.05) is 11.9 Å². The molecule has 2 aromatic rings. The molecule has 0 radical (unpaired) electrons. The number of anilines is 1. The quantitative estimate of drug-likeness (QED) is 0.672. The van der Waals surface area contributed by atoms with Crippen LogP contribution in [0.3, 0.4) is 0 Å². The van der Waals surface area contributed by atoms with Crippen molar-refractivity contribution in [3.63, 3.8) is 0 Å². The molecule has 2 aromatic heterocycles. The Labute approximate surface area is 107 Å². The van der Waals surface area contributed by atoms with Crippen molar-refractivity contribution in [3.05, 3.63) is 36.5 Å². The number of carbonyl (C=O) groups is 2. The summed E-state index contributed by atoms with van der Waals surface area (Å²) in [5, 5.41) is 17.6. The van der Waals surface area contributed by atoms with Gasteiger partial charge in [-0.05, 0) is 6.07 Å². The number of nitrogens with zero attached hydrogens (tertiary/aromatic N) is 1. The number of nitrogens with one attached hydrogen (secondary N) is 2. The molecule has 0 aliphatic heterocycles. The summed E-state index contributed by atoms with van der Waals surface area (Å²) < 4.78 is 9.28. The largest absolute Gasteiger partial charge is 0.472 e. The zero-order chi connectivity index (χ0) is 13.7. The van der Waals surface area contributed by atoms with E-state index in [-0.39, 0.29) is 12.4 Å². The predicted octanol–water partition coefficient (Wildman–Crippen LogP) is 0.0559. The lowest BCUT2D eigenvalue weighted by Crippen LogP contribution is -2.37. The lowest BCUT2D eigenvalue weighted by Gasteiger charge is -2.09. The normalized spacial score (nSPS) is 11.8. The topological polar surface area (TPSA) is 118 Å². The highest BCUT2D eigenvalue weighted by Gasteiger charge is 2.17. The van der Waals surface area contributed by atoms with Crippen LogP contribution in [0.1, 0.15) is 11.7 Å². The van der Waals surface area contributed by atoms with Gasteiger partial charge in [0, 0.05) is 18.2 Å². The van der Waals surface area contributed by atoms with Crippen LogP contribution in [-0.2, 0) is 9.59 Å². The Morgan fingerprint density at radius 3 is 2.79 bits per heavy atom. The number of carbonyl (C=O) groups excluding carboxylic acids is 2. The fourth-order valence-corrected chi connectivity index (χ4v) is 1.30. The van der Waals surface area contributed by atoms with Gasteiger partial charge in [0.25, 0.3) is 0 Å². The highest BCUT2D eigenvalue weighted by atomic mass is 16.5. The molecule has 8 heteroatoms. The third-order valence-corrected chi connectivity index (χ3v) is 2.27. The first-order valence-electron chi connectivity index (χ1n) is 5.36. The van der Waals surface area contributed by atoms with Gasteiger partial charge in [0.2, 0.25) is 0 Å². The van der Waals surface area contributed by atoms with E-state index >= 15 is 0 Å². The van der Waals surface area contributed by atoms with E-state index in [0.29, 0.717) is 5.56 Å². The number of aromatic nitrogens is 1. The second-order valence-corrected chi connectivity index (χ2v) is 3.62. The summed E-state index contributed by atoms with van der Waals surface area (Å²) in [7, 11) is 0. The van der Waals surface area contributed by atoms with Crippen LogP contribution in [0.25, 0.3) is 0 Å². The van der Waals surface area contributed by atoms with Gasteiger partial charge in [-0.2, -0.15) is 0 Å². The molecule has 8 nitrogen and oxygen atoms in total. The van der Waals surface area contributed by atoms with Gasteiger partial charge in [-0.1, -0.05) is 5.16 Å². The number of rotatable bonds is 4. The van der Waals surface area contributed by atoms with Crippen LogP contribution in [0.5, 0.6) is 0 Å². The highest BCUT2D eigenvalue weighted by Crippen LogP contribution is 2.11. The Balaban J connectivity index is 1.79. The van der Waals surface area contributed by atoms with E-state index in [0.717, 1.165) is 0 Å². The molecular weight excluding hydrogens is 254 g/mol. The zero-order valence-corrected chi connectivity index (χ0v) is 9.70. The van der Waals surface area contributed by atoms with Crippen molar-refractivity contribution in [3.8, 4) is 0 Å². The number of amides is 2. The van der Waals surface area contributed by atoms with Gasteiger partial charge in [0.05, 0.1) is 18.6 Å². The van der Waals surface area contributed by atoms with Crippen LogP contribution in [0.2, 0.25) is 0 Å². The molecule has 19 heavy (non-hydrogen) atoms. The fourth-order valence-electron chi connectivity index (χ4n) is 1.30. The van der Waals surface area contributed by atoms with E-state index in [2.05, 4.69) is 20.3 Å². The van der Waals surface area contributed by atoms with Gasteiger partial charge in [-0.15, -0.1) is 0 Å². The number of furan rings is 1. The minimum Gasteiger partial charge on any atom is -0.472 e. The SMILES string of the molecule is O=C(NC[C@H](O)c1ccoc1)C(=O)Nc1ccon1. The summed E-state index contributed by atoms with van der Waals surface area (Å²) in [6.07, 6.45) is 3.07. The van der Waals surface area contributed by atoms with Crippen LogP contribution >= 0.6 is 0 Å². The Morgan fingerprint density at radius 1 is 1.32 bits per heavy atom. The number of aliphatic hydroxyl groups is 1. The van der Waals surface area contributed by atoms with Crippen molar-refractivity contribution < 1.29 is 23.6 Å². The minimum absolute atomic E-state index is 0.107. The molecule has 0 spiro atoms. The fraction of sp³-hybridized carbons (Fsp3) is 0.182. The smallest absolute Gasteiger partial charge is 0.314 e. The van der Waals surface area contributed by atoms with E-state index in [1.54, 1.807) is 6.07 Å². The second-order valence-electron chi connectivity index (χ2n) is 3.62. The summed E-state index contributed by atoms with van der Waals surface area (Å²) in [6.45, 7) is -0.107. The first-order chi connectivity index (χ1) is 9.16. The van der Waals surface area contributed by atoms with Crippen LogP contribution in [0, 0.1) is 0 Å². The lowest BCUT2D eigenvalue weighted by molar-refractivity contribution is -0.136. The summed E-state index contributed by atoms with van der Waals surface area (Å²) in [5.74, 6) is -1.64. The molecule has 2 rings (SSSR count). The monoisotopic (exact) mass is 265 g/mol. The molecule has 0 unspecified atom stereocenters. The molecule has 0 aliphatic carbocycles. The highest BCUT2D eigenvalue weighted by molar-refractivity contribution is 6.39. The number of hydrogen-bond acceptors (Lipinski definition) is 6. The van der Waals surface area contributed by atoms with Crippen LogP contribution in [-0.4, -0.2) is 28.6 Å². The van der Waals surface area contributed by atoms with E-state index in [4.69, 9.17) is 4.42 Å². The van der Waals surface area contributed by atoms with Crippen molar-refractivity contribution in [1.29, 1.82) is 0 Å². The Bertz CT molecular complexity index is 535. The van der Waals surface area contributed by atoms with Crippen molar-refractivity contribution in [2.24, 2.45) is 0 Å². The van der Waals surface area contributed by atoms with Crippen LogP contribution in [0.4, 0.5) is 5.82 Å². The van der Waals surface area contributed by atoms with Crippen LogP contribution in [0.15, 0.2) is 39.9 Å². The molecule has 0 saturated heterocycles. The molecule has 0 fully saturated rings. The van der Waals surface area contributed by atoms with E-state index < -0.39 is 17.9 Å². The number of hydrogen-bond donors (Lipinski definition) is 3. The van der Waals surface area contributed by atoms with Gasteiger partial charge in [0.1, 0.15) is 6.26 Å². The standard InChI is InChI=1S/C11H11N3O5/c15-8(7-1-3-18-6-7)5-12-10(16)11(17)13-9-2-4-19-14-9/h1-4,6,8,15H,5H2,(H,12,16)(H,13,14,17)/t8-/m0/s1. The molecular formula is C11H11N3O5. The van der Waals surface area contributed by atoms with Gasteiger partial charge in [0.15, 0.2) is 5.82 Å². The Hall–Kier alpha value is -2.61. The lowest BCUT2D eigenvalue weighted by atomic mass is 10.2. The average Bonchev–Trinajstić information content (AvgIpc) is 3.07. The Kier molecular flexibility index (Phi) is 3.94. The minimum atomic E-state index is -0.942. The molecule has 100 valence electrons. The molecule has 2 amide bonds. The first kappa shape index (κ1) is 12.8. The maximum atomic E-state index is 11.4. The summed E-state index contributed by atoms with van der Waals surface area (Å²) in [6, 6.07) is 2.96. The average molecular weight is 265 g/mol. The predicted molar refractivity (Wildman–Crippen MR) is 61.8 cm³/mol. The summed E-state index contributed by atoms with van der Waals surface area (Å²) in [5.41, 5.74) is 0.511. The molecule has 3 N–H and O–H groups in total. The first-order valence-corrected chi connectivity index (χ1v) is 5.36. The second kappa shape index (κ2) is 5.83. The van der Waals surface area contributed by atoms with Gasteiger partial charge in [-0.25, -0.2) is 0 Å². The maximum absolute atomic E-state index is 11.4. The third kappa shape index (κ3) is 3.42. The Morgan fingerprint density at radius 2 is 2.16 bits per heavy atom.